The Labute approximate surface area is 118 Å². The molecular formula is C14H21N3OS. The molecule has 1 aromatic rings. The number of thioether (sulfide) groups is 1. The molecule has 1 saturated heterocycles. The van der Waals surface area contributed by atoms with Gasteiger partial charge in [-0.3, -0.25) is 9.78 Å². The Morgan fingerprint density at radius 3 is 3.21 bits per heavy atom. The lowest BCUT2D eigenvalue weighted by Gasteiger charge is -2.13. The molecule has 1 unspecified atom stereocenters. The van der Waals surface area contributed by atoms with Crippen molar-refractivity contribution >= 4 is 23.4 Å². The number of anilines is 1. The zero-order valence-corrected chi connectivity index (χ0v) is 12.1. The van der Waals surface area contributed by atoms with Crippen LogP contribution in [0, 0.1) is 0 Å². The second-order valence-corrected chi connectivity index (χ2v) is 6.10. The molecule has 0 bridgehead atoms. The van der Waals surface area contributed by atoms with Gasteiger partial charge in [0.15, 0.2) is 0 Å². The van der Waals surface area contributed by atoms with Gasteiger partial charge in [-0.2, -0.15) is 11.8 Å². The van der Waals surface area contributed by atoms with Crippen molar-refractivity contribution in [3.05, 3.63) is 24.0 Å². The topological polar surface area (TPSA) is 54.0 Å². The first-order chi connectivity index (χ1) is 9.31. The van der Waals surface area contributed by atoms with Crippen LogP contribution >= 0.6 is 11.8 Å². The highest BCUT2D eigenvalue weighted by Crippen LogP contribution is 2.25. The van der Waals surface area contributed by atoms with Gasteiger partial charge in [-0.05, 0) is 31.1 Å². The molecule has 19 heavy (non-hydrogen) atoms. The maximum absolute atomic E-state index is 12.2. The summed E-state index contributed by atoms with van der Waals surface area (Å²) in [6.07, 6.45) is 6.85. The van der Waals surface area contributed by atoms with E-state index in [0.717, 1.165) is 25.2 Å². The molecule has 104 valence electrons. The number of nitrogens with one attached hydrogen (secondary N) is 2. The molecule has 1 aliphatic heterocycles. The Hall–Kier alpha value is -1.23. The predicted octanol–water partition coefficient (Wildman–Crippen LogP) is 2.53. The average molecular weight is 279 g/mol. The molecule has 2 rings (SSSR count). The summed E-state index contributed by atoms with van der Waals surface area (Å²) >= 11 is 1.95. The van der Waals surface area contributed by atoms with Crippen molar-refractivity contribution in [1.29, 1.82) is 0 Å². The van der Waals surface area contributed by atoms with Crippen LogP contribution in [0.5, 0.6) is 0 Å². The van der Waals surface area contributed by atoms with E-state index in [1.807, 2.05) is 17.8 Å². The smallest absolute Gasteiger partial charge is 0.254 e. The van der Waals surface area contributed by atoms with E-state index in [1.165, 1.54) is 18.6 Å². The van der Waals surface area contributed by atoms with E-state index >= 15 is 0 Å². The van der Waals surface area contributed by atoms with Gasteiger partial charge in [0.1, 0.15) is 0 Å². The van der Waals surface area contributed by atoms with Gasteiger partial charge in [0.25, 0.3) is 5.91 Å². The summed E-state index contributed by atoms with van der Waals surface area (Å²) in [4.78, 5) is 16.2. The van der Waals surface area contributed by atoms with Gasteiger partial charge in [-0.15, -0.1) is 0 Å². The lowest BCUT2D eigenvalue weighted by molar-refractivity contribution is 0.0954. The van der Waals surface area contributed by atoms with Crippen LogP contribution in [-0.2, 0) is 0 Å². The van der Waals surface area contributed by atoms with Gasteiger partial charge in [0.2, 0.25) is 0 Å². The fourth-order valence-corrected chi connectivity index (χ4v) is 3.30. The Bertz CT molecular complexity index is 419. The lowest BCUT2D eigenvalue weighted by atomic mass is 10.2. The van der Waals surface area contributed by atoms with Gasteiger partial charge >= 0.3 is 0 Å². The monoisotopic (exact) mass is 279 g/mol. The van der Waals surface area contributed by atoms with Crippen molar-refractivity contribution in [1.82, 2.24) is 10.3 Å². The normalized spacial score (nSPS) is 18.3. The number of hydrogen-bond donors (Lipinski definition) is 2. The van der Waals surface area contributed by atoms with Gasteiger partial charge in [-0.25, -0.2) is 0 Å². The Kier molecular flexibility index (Phi) is 5.51. The second-order valence-electron chi connectivity index (χ2n) is 4.69. The van der Waals surface area contributed by atoms with E-state index in [1.54, 1.807) is 12.4 Å². The van der Waals surface area contributed by atoms with Crippen molar-refractivity contribution in [2.75, 3.05) is 24.2 Å². The maximum atomic E-state index is 12.2. The molecule has 1 aliphatic rings. The van der Waals surface area contributed by atoms with Gasteiger partial charge in [0.05, 0.1) is 11.3 Å². The molecule has 5 heteroatoms. The summed E-state index contributed by atoms with van der Waals surface area (Å²) in [5.41, 5.74) is 1.51. The van der Waals surface area contributed by atoms with Crippen molar-refractivity contribution in [2.24, 2.45) is 0 Å². The summed E-state index contributed by atoms with van der Waals surface area (Å²) in [6.45, 7) is 3.72. The van der Waals surface area contributed by atoms with Crippen LogP contribution in [-0.4, -0.2) is 35.0 Å². The largest absolute Gasteiger partial charge is 0.384 e. The number of hydrogen-bond acceptors (Lipinski definition) is 4. The first-order valence-corrected chi connectivity index (χ1v) is 7.94. The number of rotatable bonds is 6. The molecule has 1 amide bonds. The van der Waals surface area contributed by atoms with Crippen LogP contribution in [0.3, 0.4) is 0 Å². The molecule has 0 radical (unpaired) electrons. The molecule has 0 saturated carbocycles. The fourth-order valence-electron chi connectivity index (χ4n) is 2.10. The van der Waals surface area contributed by atoms with Crippen LogP contribution < -0.4 is 10.6 Å². The lowest BCUT2D eigenvalue weighted by Crippen LogP contribution is -2.30. The highest BCUT2D eigenvalue weighted by molar-refractivity contribution is 8.00. The summed E-state index contributed by atoms with van der Waals surface area (Å²) < 4.78 is 0. The number of nitrogens with zero attached hydrogens (tertiary/aromatic N) is 1. The molecule has 0 aliphatic carbocycles. The molecule has 1 fully saturated rings. The predicted molar refractivity (Wildman–Crippen MR) is 80.8 cm³/mol. The summed E-state index contributed by atoms with van der Waals surface area (Å²) in [5.74, 6) is 1.19. The van der Waals surface area contributed by atoms with Crippen molar-refractivity contribution in [2.45, 2.75) is 31.4 Å². The van der Waals surface area contributed by atoms with Gasteiger partial charge < -0.3 is 10.6 Å². The Morgan fingerprint density at radius 1 is 1.58 bits per heavy atom. The third-order valence-corrected chi connectivity index (χ3v) is 4.54. The Balaban J connectivity index is 1.93. The van der Waals surface area contributed by atoms with E-state index in [9.17, 15) is 4.79 Å². The standard InChI is InChI=1S/C14H21N3OS/c1-2-6-16-13-5-7-15-10-12(13)14(18)17-9-11-4-3-8-19-11/h5,7,10-11H,2-4,6,8-9H2,1H3,(H,15,16)(H,17,18). The maximum Gasteiger partial charge on any atom is 0.254 e. The first-order valence-electron chi connectivity index (χ1n) is 6.89. The SMILES string of the molecule is CCCNc1ccncc1C(=O)NCC1CCCS1. The van der Waals surface area contributed by atoms with Gasteiger partial charge in [0, 0.05) is 30.7 Å². The quantitative estimate of drug-likeness (QED) is 0.840. The second kappa shape index (κ2) is 7.38. The highest BCUT2D eigenvalue weighted by atomic mass is 32.2. The molecular weight excluding hydrogens is 258 g/mol. The van der Waals surface area contributed by atoms with E-state index < -0.39 is 0 Å². The average Bonchev–Trinajstić information content (AvgIpc) is 2.96. The van der Waals surface area contributed by atoms with Crippen molar-refractivity contribution in [3.63, 3.8) is 0 Å². The van der Waals surface area contributed by atoms with E-state index in [-0.39, 0.29) is 5.91 Å². The zero-order chi connectivity index (χ0) is 13.5. The Morgan fingerprint density at radius 2 is 2.47 bits per heavy atom. The zero-order valence-electron chi connectivity index (χ0n) is 11.3. The minimum Gasteiger partial charge on any atom is -0.384 e. The third kappa shape index (κ3) is 4.13. The fraction of sp³-hybridized carbons (Fsp3) is 0.571. The minimum atomic E-state index is -0.0285. The third-order valence-electron chi connectivity index (χ3n) is 3.15. The molecule has 0 aromatic carbocycles. The van der Waals surface area contributed by atoms with Crippen molar-refractivity contribution < 1.29 is 4.79 Å². The molecule has 4 nitrogen and oxygen atoms in total. The number of carbonyl (C=O) groups is 1. The van der Waals surface area contributed by atoms with E-state index in [4.69, 9.17) is 0 Å². The highest BCUT2D eigenvalue weighted by Gasteiger charge is 2.17. The number of amides is 1. The van der Waals surface area contributed by atoms with Crippen LogP contribution in [0.2, 0.25) is 0 Å². The number of pyridine rings is 1. The molecule has 1 aromatic heterocycles. The van der Waals surface area contributed by atoms with Crippen LogP contribution in [0.25, 0.3) is 0 Å². The van der Waals surface area contributed by atoms with Crippen LogP contribution in [0.15, 0.2) is 18.5 Å². The summed E-state index contributed by atoms with van der Waals surface area (Å²) in [5, 5.41) is 6.86. The van der Waals surface area contributed by atoms with Gasteiger partial charge in [-0.1, -0.05) is 6.92 Å². The molecule has 0 spiro atoms. The molecule has 1 atom stereocenters. The molecule has 2 heterocycles. The summed E-state index contributed by atoms with van der Waals surface area (Å²) in [7, 11) is 0. The minimum absolute atomic E-state index is 0.0285. The van der Waals surface area contributed by atoms with E-state index in [0.29, 0.717) is 10.8 Å². The number of carbonyl (C=O) groups excluding carboxylic acids is 1. The van der Waals surface area contributed by atoms with E-state index in [2.05, 4.69) is 22.5 Å². The van der Waals surface area contributed by atoms with Crippen LogP contribution in [0.1, 0.15) is 36.5 Å². The number of aromatic nitrogens is 1. The van der Waals surface area contributed by atoms with Crippen LogP contribution in [0.4, 0.5) is 5.69 Å². The summed E-state index contributed by atoms with van der Waals surface area (Å²) in [6, 6.07) is 1.86. The first kappa shape index (κ1) is 14.2. The molecule has 2 N–H and O–H groups in total. The van der Waals surface area contributed by atoms with Crippen molar-refractivity contribution in [3.8, 4) is 0 Å².